The molecule has 0 bridgehead atoms. The van der Waals surface area contributed by atoms with Crippen molar-refractivity contribution in [3.63, 3.8) is 0 Å². The lowest BCUT2D eigenvalue weighted by atomic mass is 9.90. The minimum Gasteiger partial charge on any atom is -0.422 e. The molecule has 6 nitrogen and oxygen atoms in total. The first-order valence-electron chi connectivity index (χ1n) is 10.4. The van der Waals surface area contributed by atoms with Crippen molar-refractivity contribution in [3.05, 3.63) is 76.8 Å². The number of piperidine rings is 1. The Morgan fingerprint density at radius 2 is 1.73 bits per heavy atom. The van der Waals surface area contributed by atoms with Crippen LogP contribution in [0.15, 0.2) is 70.0 Å². The Morgan fingerprint density at radius 3 is 2.53 bits per heavy atom. The number of aromatic nitrogens is 2. The van der Waals surface area contributed by atoms with E-state index in [1.807, 2.05) is 29.2 Å². The number of carbonyl (C=O) groups is 1. The molecule has 4 aromatic rings. The predicted molar refractivity (Wildman–Crippen MR) is 115 cm³/mol. The first-order chi connectivity index (χ1) is 14.7. The smallest absolute Gasteiger partial charge is 0.347 e. The monoisotopic (exact) mass is 401 g/mol. The van der Waals surface area contributed by atoms with Crippen molar-refractivity contribution < 1.29 is 9.21 Å². The molecule has 1 aliphatic rings. The maximum absolute atomic E-state index is 13.0. The van der Waals surface area contributed by atoms with Crippen LogP contribution in [-0.4, -0.2) is 33.7 Å². The van der Waals surface area contributed by atoms with E-state index in [-0.39, 0.29) is 12.5 Å². The molecule has 0 saturated carbocycles. The lowest BCUT2D eigenvalue weighted by Crippen LogP contribution is -2.40. The fourth-order valence-electron chi connectivity index (χ4n) is 4.41. The Kier molecular flexibility index (Phi) is 4.83. The molecular weight excluding hydrogens is 378 g/mol. The van der Waals surface area contributed by atoms with Gasteiger partial charge in [0.2, 0.25) is 5.91 Å². The summed E-state index contributed by atoms with van der Waals surface area (Å²) < 4.78 is 7.00. The van der Waals surface area contributed by atoms with E-state index in [1.165, 1.54) is 11.8 Å². The van der Waals surface area contributed by atoms with E-state index < -0.39 is 5.63 Å². The van der Waals surface area contributed by atoms with Gasteiger partial charge < -0.3 is 9.32 Å². The van der Waals surface area contributed by atoms with Gasteiger partial charge in [0, 0.05) is 18.5 Å². The number of benzene rings is 2. The molecule has 0 aliphatic carbocycles. The van der Waals surface area contributed by atoms with Crippen molar-refractivity contribution in [3.8, 4) is 0 Å². The summed E-state index contributed by atoms with van der Waals surface area (Å²) in [5, 5.41) is 5.52. The number of carbonyl (C=O) groups excluding carboxylic acids is 1. The van der Waals surface area contributed by atoms with Gasteiger partial charge in [-0.15, -0.1) is 0 Å². The van der Waals surface area contributed by atoms with Gasteiger partial charge in [0.15, 0.2) is 0 Å². The summed E-state index contributed by atoms with van der Waals surface area (Å²) in [6, 6.07) is 17.9. The summed E-state index contributed by atoms with van der Waals surface area (Å²) in [5.41, 5.74) is 2.10. The Hall–Kier alpha value is -3.41. The topological polar surface area (TPSA) is 68.3 Å². The Labute approximate surface area is 173 Å². The van der Waals surface area contributed by atoms with Crippen molar-refractivity contribution in [2.45, 2.75) is 25.8 Å². The number of nitrogens with zero attached hydrogens (tertiary/aromatic N) is 3. The largest absolute Gasteiger partial charge is 0.422 e. The van der Waals surface area contributed by atoms with Gasteiger partial charge in [-0.1, -0.05) is 42.5 Å². The summed E-state index contributed by atoms with van der Waals surface area (Å²) in [7, 11) is 0. The molecule has 0 N–H and O–H groups in total. The molecule has 0 unspecified atom stereocenters. The van der Waals surface area contributed by atoms with E-state index in [9.17, 15) is 9.59 Å². The second-order valence-corrected chi connectivity index (χ2v) is 7.96. The number of para-hydroxylation sites is 1. The van der Waals surface area contributed by atoms with E-state index in [2.05, 4.69) is 29.4 Å². The van der Waals surface area contributed by atoms with Crippen molar-refractivity contribution in [1.29, 1.82) is 0 Å². The van der Waals surface area contributed by atoms with Crippen LogP contribution < -0.4 is 5.63 Å². The highest BCUT2D eigenvalue weighted by Gasteiger charge is 2.24. The summed E-state index contributed by atoms with van der Waals surface area (Å²) in [4.78, 5) is 27.1. The molecule has 1 fully saturated rings. The Balaban J connectivity index is 1.31. The van der Waals surface area contributed by atoms with Gasteiger partial charge in [-0.2, -0.15) is 5.10 Å². The van der Waals surface area contributed by atoms with Gasteiger partial charge in [0.1, 0.15) is 17.5 Å². The van der Waals surface area contributed by atoms with Crippen LogP contribution >= 0.6 is 0 Å². The maximum Gasteiger partial charge on any atom is 0.347 e. The third kappa shape index (κ3) is 3.49. The fraction of sp³-hybridized carbons (Fsp3) is 0.292. The Bertz CT molecular complexity index is 1250. The number of rotatable bonds is 4. The predicted octanol–water partition coefficient (Wildman–Crippen LogP) is 3.62. The van der Waals surface area contributed by atoms with Crippen LogP contribution in [0, 0.1) is 5.92 Å². The van der Waals surface area contributed by atoms with Crippen molar-refractivity contribution >= 4 is 27.8 Å². The van der Waals surface area contributed by atoms with Gasteiger partial charge in [0.25, 0.3) is 0 Å². The van der Waals surface area contributed by atoms with E-state index in [0.717, 1.165) is 37.7 Å². The third-order valence-corrected chi connectivity index (χ3v) is 6.02. The molecular formula is C24H23N3O3. The van der Waals surface area contributed by atoms with Crippen LogP contribution in [0.4, 0.5) is 0 Å². The van der Waals surface area contributed by atoms with E-state index >= 15 is 0 Å². The molecule has 2 aromatic carbocycles. The number of amides is 1. The first-order valence-corrected chi connectivity index (χ1v) is 10.4. The van der Waals surface area contributed by atoms with E-state index in [4.69, 9.17) is 4.42 Å². The van der Waals surface area contributed by atoms with Gasteiger partial charge in [-0.05, 0) is 42.9 Å². The first kappa shape index (κ1) is 18.6. The number of fused-ring (bicyclic) bond motifs is 3. The maximum atomic E-state index is 13.0. The molecule has 0 atom stereocenters. The zero-order valence-corrected chi connectivity index (χ0v) is 16.7. The minimum absolute atomic E-state index is 0.0375. The van der Waals surface area contributed by atoms with Gasteiger partial charge in [0.05, 0.1) is 11.7 Å². The number of hydrogen-bond donors (Lipinski definition) is 0. The Morgan fingerprint density at radius 1 is 1.00 bits per heavy atom. The summed E-state index contributed by atoms with van der Waals surface area (Å²) in [5.74, 6) is 0.644. The fourth-order valence-corrected chi connectivity index (χ4v) is 4.41. The average Bonchev–Trinajstić information content (AvgIpc) is 3.20. The quantitative estimate of drug-likeness (QED) is 0.490. The van der Waals surface area contributed by atoms with Crippen LogP contribution in [0.2, 0.25) is 0 Å². The number of likely N-dealkylation sites (tertiary alicyclic amines) is 1. The number of hydrogen-bond acceptors (Lipinski definition) is 4. The standard InChI is InChI=1S/C24H23N3O3/c28-22(26-12-10-18(11-13-26)14-17-6-2-1-3-7-17)16-27-23-19-8-4-5-9-21(19)30-24(29)20(23)15-25-27/h1-9,15,18H,10-14,16H2. The lowest BCUT2D eigenvalue weighted by molar-refractivity contribution is -0.133. The highest BCUT2D eigenvalue weighted by molar-refractivity contribution is 6.02. The molecule has 5 rings (SSSR count). The van der Waals surface area contributed by atoms with Crippen LogP contribution in [0.25, 0.3) is 21.9 Å². The van der Waals surface area contributed by atoms with Crippen LogP contribution in [0.5, 0.6) is 0 Å². The van der Waals surface area contributed by atoms with Crippen LogP contribution in [0.3, 0.4) is 0 Å². The van der Waals surface area contributed by atoms with Gasteiger partial charge in [-0.25, -0.2) is 4.79 Å². The lowest BCUT2D eigenvalue weighted by Gasteiger charge is -2.32. The van der Waals surface area contributed by atoms with E-state index in [0.29, 0.717) is 22.4 Å². The normalized spacial score (nSPS) is 15.1. The summed E-state index contributed by atoms with van der Waals surface area (Å²) >= 11 is 0. The van der Waals surface area contributed by atoms with Crippen LogP contribution in [-0.2, 0) is 17.8 Å². The molecule has 30 heavy (non-hydrogen) atoms. The van der Waals surface area contributed by atoms with Crippen LogP contribution in [0.1, 0.15) is 18.4 Å². The minimum atomic E-state index is -0.427. The average molecular weight is 401 g/mol. The SMILES string of the molecule is O=C(Cn1ncc2c(=O)oc3ccccc3c21)N1CCC(Cc2ccccc2)CC1. The van der Waals surface area contributed by atoms with Crippen molar-refractivity contribution in [2.75, 3.05) is 13.1 Å². The van der Waals surface area contributed by atoms with E-state index in [1.54, 1.807) is 10.7 Å². The zero-order valence-electron chi connectivity index (χ0n) is 16.7. The molecule has 152 valence electrons. The summed E-state index contributed by atoms with van der Waals surface area (Å²) in [6.07, 6.45) is 4.57. The second kappa shape index (κ2) is 7.78. The third-order valence-electron chi connectivity index (χ3n) is 6.02. The molecule has 1 saturated heterocycles. The highest BCUT2D eigenvalue weighted by atomic mass is 16.4. The molecule has 6 heteroatoms. The molecule has 0 spiro atoms. The summed E-state index contributed by atoms with van der Waals surface area (Å²) in [6.45, 7) is 1.65. The molecule has 3 heterocycles. The highest BCUT2D eigenvalue weighted by Crippen LogP contribution is 2.24. The molecule has 0 radical (unpaired) electrons. The molecule has 1 amide bonds. The van der Waals surface area contributed by atoms with Crippen molar-refractivity contribution in [1.82, 2.24) is 14.7 Å². The van der Waals surface area contributed by atoms with Gasteiger partial charge in [-0.3, -0.25) is 9.48 Å². The molecule has 1 aliphatic heterocycles. The zero-order chi connectivity index (χ0) is 20.5. The second-order valence-electron chi connectivity index (χ2n) is 7.96. The van der Waals surface area contributed by atoms with Gasteiger partial charge >= 0.3 is 5.63 Å². The molecule has 2 aromatic heterocycles. The van der Waals surface area contributed by atoms with Crippen molar-refractivity contribution in [2.24, 2.45) is 5.92 Å².